The average molecular weight is 277 g/mol. The van der Waals surface area contributed by atoms with E-state index in [1.165, 1.54) is 4.90 Å². The molecule has 20 heavy (non-hydrogen) atoms. The zero-order valence-electron chi connectivity index (χ0n) is 12.1. The van der Waals surface area contributed by atoms with Gasteiger partial charge in [0.1, 0.15) is 11.6 Å². The topological polar surface area (TPSA) is 66.8 Å². The lowest BCUT2D eigenvalue weighted by Crippen LogP contribution is -2.45. The number of rotatable bonds is 1. The fourth-order valence-corrected chi connectivity index (χ4v) is 2.27. The first-order valence-corrected chi connectivity index (χ1v) is 6.53. The SMILES string of the molecule is Cc1ccc2c(c1)N(C(=O)OC(C)(C)C)[C@H](C(=O)O)C2. The number of amides is 1. The molecule has 108 valence electrons. The lowest BCUT2D eigenvalue weighted by atomic mass is 10.1. The number of ether oxygens (including phenoxy) is 1. The van der Waals surface area contributed by atoms with Gasteiger partial charge in [0.2, 0.25) is 0 Å². The maximum absolute atomic E-state index is 12.3. The Morgan fingerprint density at radius 1 is 1.35 bits per heavy atom. The molecular weight excluding hydrogens is 258 g/mol. The first-order valence-electron chi connectivity index (χ1n) is 6.53. The number of carbonyl (C=O) groups excluding carboxylic acids is 1. The summed E-state index contributed by atoms with van der Waals surface area (Å²) in [6, 6.07) is 4.70. The number of aliphatic carboxylic acids is 1. The number of fused-ring (bicyclic) bond motifs is 1. The van der Waals surface area contributed by atoms with Crippen molar-refractivity contribution in [1.82, 2.24) is 0 Å². The second kappa shape index (κ2) is 4.81. The van der Waals surface area contributed by atoms with Gasteiger partial charge in [0, 0.05) is 6.42 Å². The average Bonchev–Trinajstić information content (AvgIpc) is 2.65. The van der Waals surface area contributed by atoms with E-state index in [1.54, 1.807) is 20.8 Å². The minimum Gasteiger partial charge on any atom is -0.480 e. The summed E-state index contributed by atoms with van der Waals surface area (Å²) in [5.74, 6) is -1.02. The van der Waals surface area contributed by atoms with Crippen molar-refractivity contribution in [2.45, 2.75) is 45.8 Å². The van der Waals surface area contributed by atoms with Crippen molar-refractivity contribution < 1.29 is 19.4 Å². The first-order chi connectivity index (χ1) is 9.19. The number of nitrogens with zero attached hydrogens (tertiary/aromatic N) is 1. The van der Waals surface area contributed by atoms with E-state index in [1.807, 2.05) is 25.1 Å². The van der Waals surface area contributed by atoms with E-state index in [0.717, 1.165) is 11.1 Å². The van der Waals surface area contributed by atoms with Crippen LogP contribution in [0.3, 0.4) is 0 Å². The quantitative estimate of drug-likeness (QED) is 0.857. The van der Waals surface area contributed by atoms with Gasteiger partial charge >= 0.3 is 12.1 Å². The Morgan fingerprint density at radius 2 is 2.00 bits per heavy atom. The van der Waals surface area contributed by atoms with Crippen molar-refractivity contribution in [3.05, 3.63) is 29.3 Å². The largest absolute Gasteiger partial charge is 0.480 e. The third-order valence-electron chi connectivity index (χ3n) is 3.10. The van der Waals surface area contributed by atoms with Crippen LogP contribution in [-0.4, -0.2) is 28.8 Å². The fraction of sp³-hybridized carbons (Fsp3) is 0.467. The molecule has 1 N–H and O–H groups in total. The van der Waals surface area contributed by atoms with Crippen LogP contribution in [0.15, 0.2) is 18.2 Å². The highest BCUT2D eigenvalue weighted by Gasteiger charge is 2.40. The van der Waals surface area contributed by atoms with Gasteiger partial charge in [-0.05, 0) is 44.9 Å². The number of aryl methyl sites for hydroxylation is 1. The van der Waals surface area contributed by atoms with Crippen molar-refractivity contribution in [3.8, 4) is 0 Å². The van der Waals surface area contributed by atoms with Crippen molar-refractivity contribution >= 4 is 17.7 Å². The Labute approximate surface area is 118 Å². The molecule has 1 heterocycles. The molecule has 1 aromatic carbocycles. The van der Waals surface area contributed by atoms with Gasteiger partial charge in [-0.25, -0.2) is 9.59 Å². The van der Waals surface area contributed by atoms with Crippen molar-refractivity contribution in [1.29, 1.82) is 0 Å². The molecule has 0 saturated carbocycles. The molecular formula is C15H19NO4. The zero-order chi connectivity index (χ0) is 15.1. The maximum Gasteiger partial charge on any atom is 0.415 e. The second-order valence-electron chi connectivity index (χ2n) is 6.04. The van der Waals surface area contributed by atoms with E-state index in [2.05, 4.69) is 0 Å². The Bertz CT molecular complexity index is 559. The minimum atomic E-state index is -1.02. The molecule has 0 bridgehead atoms. The Kier molecular flexibility index (Phi) is 3.46. The van der Waals surface area contributed by atoms with Gasteiger partial charge in [-0.15, -0.1) is 0 Å². The molecule has 5 nitrogen and oxygen atoms in total. The zero-order valence-corrected chi connectivity index (χ0v) is 12.1. The lowest BCUT2D eigenvalue weighted by Gasteiger charge is -2.27. The summed E-state index contributed by atoms with van der Waals surface area (Å²) in [6.07, 6.45) is -0.307. The van der Waals surface area contributed by atoms with Crippen LogP contribution in [0.2, 0.25) is 0 Å². The second-order valence-corrected chi connectivity index (χ2v) is 6.04. The van der Waals surface area contributed by atoms with E-state index < -0.39 is 23.7 Å². The van der Waals surface area contributed by atoms with Crippen LogP contribution >= 0.6 is 0 Å². The molecule has 0 aliphatic carbocycles. The number of benzene rings is 1. The molecule has 0 fully saturated rings. The Morgan fingerprint density at radius 3 is 2.55 bits per heavy atom. The predicted molar refractivity (Wildman–Crippen MR) is 75.0 cm³/mol. The highest BCUT2D eigenvalue weighted by atomic mass is 16.6. The summed E-state index contributed by atoms with van der Waals surface area (Å²) >= 11 is 0. The van der Waals surface area contributed by atoms with E-state index in [9.17, 15) is 14.7 Å². The van der Waals surface area contributed by atoms with Crippen molar-refractivity contribution in [2.75, 3.05) is 4.90 Å². The molecule has 1 aromatic rings. The number of hydrogen-bond donors (Lipinski definition) is 1. The van der Waals surface area contributed by atoms with Crippen LogP contribution in [0.25, 0.3) is 0 Å². The molecule has 0 radical (unpaired) electrons. The van der Waals surface area contributed by atoms with E-state index in [4.69, 9.17) is 4.74 Å². The molecule has 5 heteroatoms. The standard InChI is InChI=1S/C15H19NO4/c1-9-5-6-10-8-12(13(17)18)16(11(10)7-9)14(19)20-15(2,3)4/h5-7,12H,8H2,1-4H3,(H,17,18)/t12-/m0/s1. The molecule has 0 saturated heterocycles. The molecule has 2 rings (SSSR count). The molecule has 0 spiro atoms. The van der Waals surface area contributed by atoms with Crippen molar-refractivity contribution in [3.63, 3.8) is 0 Å². The lowest BCUT2D eigenvalue weighted by molar-refractivity contribution is -0.138. The monoisotopic (exact) mass is 277 g/mol. The van der Waals surface area contributed by atoms with Gasteiger partial charge in [0.25, 0.3) is 0 Å². The summed E-state index contributed by atoms with van der Waals surface area (Å²) in [5, 5.41) is 9.32. The number of carbonyl (C=O) groups is 2. The summed E-state index contributed by atoms with van der Waals surface area (Å²) < 4.78 is 5.32. The van der Waals surface area contributed by atoms with Crippen LogP contribution in [0.1, 0.15) is 31.9 Å². The number of carboxylic acid groups (broad SMARTS) is 1. The van der Waals surface area contributed by atoms with Gasteiger partial charge in [-0.1, -0.05) is 12.1 Å². The van der Waals surface area contributed by atoms with Gasteiger partial charge in [0.15, 0.2) is 0 Å². The first kappa shape index (κ1) is 14.4. The third kappa shape index (κ3) is 2.76. The van der Waals surface area contributed by atoms with Crippen LogP contribution in [-0.2, 0) is 16.0 Å². The number of hydrogen-bond acceptors (Lipinski definition) is 3. The summed E-state index contributed by atoms with van der Waals surface area (Å²) in [4.78, 5) is 24.9. The highest BCUT2D eigenvalue weighted by Crippen LogP contribution is 2.34. The summed E-state index contributed by atoms with van der Waals surface area (Å²) in [6.45, 7) is 7.18. The predicted octanol–water partition coefficient (Wildman–Crippen LogP) is 2.75. The van der Waals surface area contributed by atoms with Gasteiger partial charge in [0.05, 0.1) is 5.69 Å². The summed E-state index contributed by atoms with van der Waals surface area (Å²) in [5.41, 5.74) is 1.80. The minimum absolute atomic E-state index is 0.310. The van der Waals surface area contributed by atoms with Crippen LogP contribution < -0.4 is 4.90 Å². The van der Waals surface area contributed by atoms with Gasteiger partial charge in [-0.3, -0.25) is 4.90 Å². The van der Waals surface area contributed by atoms with E-state index in [-0.39, 0.29) is 0 Å². The molecule has 1 amide bonds. The molecule has 1 aliphatic heterocycles. The Balaban J connectivity index is 2.39. The van der Waals surface area contributed by atoms with E-state index >= 15 is 0 Å². The normalized spacial score (nSPS) is 17.8. The van der Waals surface area contributed by atoms with Gasteiger partial charge < -0.3 is 9.84 Å². The van der Waals surface area contributed by atoms with Crippen LogP contribution in [0.4, 0.5) is 10.5 Å². The van der Waals surface area contributed by atoms with E-state index in [0.29, 0.717) is 12.1 Å². The molecule has 1 atom stereocenters. The Hall–Kier alpha value is -2.04. The number of anilines is 1. The summed E-state index contributed by atoms with van der Waals surface area (Å²) in [7, 11) is 0. The molecule has 0 unspecified atom stereocenters. The van der Waals surface area contributed by atoms with Gasteiger partial charge in [-0.2, -0.15) is 0 Å². The highest BCUT2D eigenvalue weighted by molar-refractivity contribution is 5.98. The molecule has 0 aromatic heterocycles. The third-order valence-corrected chi connectivity index (χ3v) is 3.10. The number of carboxylic acids is 1. The van der Waals surface area contributed by atoms with Crippen LogP contribution in [0.5, 0.6) is 0 Å². The molecule has 1 aliphatic rings. The van der Waals surface area contributed by atoms with Crippen molar-refractivity contribution in [2.24, 2.45) is 0 Å². The van der Waals surface area contributed by atoms with Crippen LogP contribution in [0, 0.1) is 6.92 Å². The maximum atomic E-state index is 12.3. The smallest absolute Gasteiger partial charge is 0.415 e. The fourth-order valence-electron chi connectivity index (χ4n) is 2.27.